The molecular weight excluding hydrogens is 402 g/mol. The maximum Gasteiger partial charge on any atom is 0.237 e. The zero-order chi connectivity index (χ0) is 19.7. The first-order valence-corrected chi connectivity index (χ1v) is 10.8. The largest absolute Gasteiger partial charge is 0.325 e. The van der Waals surface area contributed by atoms with Crippen LogP contribution >= 0.6 is 23.4 Å². The number of hydrogen-bond donors (Lipinski definition) is 0. The van der Waals surface area contributed by atoms with Crippen LogP contribution in [0.4, 0.5) is 8.78 Å². The van der Waals surface area contributed by atoms with Crippen molar-refractivity contribution in [2.24, 2.45) is 0 Å². The van der Waals surface area contributed by atoms with Gasteiger partial charge in [0.1, 0.15) is 17.0 Å². The molecule has 3 nitrogen and oxygen atoms in total. The highest BCUT2D eigenvalue weighted by molar-refractivity contribution is 7.99. The Hall–Kier alpha value is -1.63. The summed E-state index contributed by atoms with van der Waals surface area (Å²) in [6, 6.07) is 11.6. The number of carbonyl (C=O) groups excluding carboxylic acids is 1. The maximum atomic E-state index is 14.1. The van der Waals surface area contributed by atoms with Crippen LogP contribution in [-0.4, -0.2) is 40.6 Å². The number of benzene rings is 2. The van der Waals surface area contributed by atoms with Crippen molar-refractivity contribution < 1.29 is 13.6 Å². The first-order chi connectivity index (χ1) is 13.5. The maximum absolute atomic E-state index is 14.1. The minimum Gasteiger partial charge on any atom is -0.325 e. The lowest BCUT2D eigenvalue weighted by molar-refractivity contribution is -0.132. The van der Waals surface area contributed by atoms with Gasteiger partial charge in [0.25, 0.3) is 0 Å². The molecule has 4 rings (SSSR count). The van der Waals surface area contributed by atoms with Crippen LogP contribution in [0.1, 0.15) is 29.3 Å². The second kappa shape index (κ2) is 8.39. The van der Waals surface area contributed by atoms with Crippen LogP contribution in [0, 0.1) is 11.6 Å². The first kappa shape index (κ1) is 19.7. The zero-order valence-electron chi connectivity index (χ0n) is 15.3. The molecule has 2 fully saturated rings. The Labute approximate surface area is 172 Å². The van der Waals surface area contributed by atoms with Crippen LogP contribution in [0.25, 0.3) is 0 Å². The van der Waals surface area contributed by atoms with Crippen molar-refractivity contribution in [3.63, 3.8) is 0 Å². The highest BCUT2D eigenvalue weighted by Crippen LogP contribution is 2.41. The molecule has 0 radical (unpaired) electrons. The molecule has 0 unspecified atom stereocenters. The molecule has 0 aromatic heterocycles. The molecule has 1 amide bonds. The van der Waals surface area contributed by atoms with Crippen LogP contribution in [-0.2, 0) is 11.3 Å². The van der Waals surface area contributed by atoms with Crippen LogP contribution in [0.15, 0.2) is 42.5 Å². The summed E-state index contributed by atoms with van der Waals surface area (Å²) in [6.07, 6.45) is 1.90. The van der Waals surface area contributed by atoms with E-state index in [2.05, 4.69) is 0 Å². The summed E-state index contributed by atoms with van der Waals surface area (Å²) in [4.78, 5) is 16.8. The molecule has 28 heavy (non-hydrogen) atoms. The highest BCUT2D eigenvalue weighted by atomic mass is 35.5. The van der Waals surface area contributed by atoms with Gasteiger partial charge in [0.05, 0.1) is 6.54 Å². The predicted octanol–water partition coefficient (Wildman–Crippen LogP) is 4.86. The summed E-state index contributed by atoms with van der Waals surface area (Å²) in [5.41, 5.74) is 0.957. The van der Waals surface area contributed by atoms with E-state index in [1.54, 1.807) is 11.8 Å². The molecule has 0 spiro atoms. The van der Waals surface area contributed by atoms with E-state index in [-0.39, 0.29) is 36.0 Å². The Morgan fingerprint density at radius 1 is 1.14 bits per heavy atom. The van der Waals surface area contributed by atoms with Crippen molar-refractivity contribution in [1.29, 1.82) is 0 Å². The molecule has 1 aliphatic carbocycles. The summed E-state index contributed by atoms with van der Waals surface area (Å²) in [7, 11) is 0. The number of rotatable bonds is 6. The SMILES string of the molecule is O=C(CN(Cc1c(F)cccc1F)C1CC1)N1CCS[C@H]1c1ccccc1Cl. The number of carbonyl (C=O) groups is 1. The summed E-state index contributed by atoms with van der Waals surface area (Å²) >= 11 is 8.03. The molecule has 7 heteroatoms. The molecule has 2 aromatic rings. The number of hydrogen-bond acceptors (Lipinski definition) is 3. The molecule has 148 valence electrons. The van der Waals surface area contributed by atoms with E-state index in [1.807, 2.05) is 34.1 Å². The van der Waals surface area contributed by atoms with E-state index in [0.717, 1.165) is 24.2 Å². The van der Waals surface area contributed by atoms with Gasteiger partial charge in [-0.1, -0.05) is 35.9 Å². The van der Waals surface area contributed by atoms with Gasteiger partial charge in [-0.15, -0.1) is 11.8 Å². The molecule has 1 aliphatic heterocycles. The second-order valence-corrected chi connectivity index (χ2v) is 8.76. The van der Waals surface area contributed by atoms with Gasteiger partial charge in [-0.2, -0.15) is 0 Å². The Balaban J connectivity index is 1.50. The highest BCUT2D eigenvalue weighted by Gasteiger charge is 2.36. The average molecular weight is 423 g/mol. The molecule has 2 aliphatic rings. The number of thioether (sulfide) groups is 1. The third kappa shape index (κ3) is 4.19. The number of amides is 1. The second-order valence-electron chi connectivity index (χ2n) is 7.17. The fourth-order valence-corrected chi connectivity index (χ4v) is 5.18. The van der Waals surface area contributed by atoms with Crippen molar-refractivity contribution in [3.05, 3.63) is 70.2 Å². The van der Waals surface area contributed by atoms with Crippen molar-refractivity contribution in [1.82, 2.24) is 9.80 Å². The monoisotopic (exact) mass is 422 g/mol. The fourth-order valence-electron chi connectivity index (χ4n) is 3.56. The Morgan fingerprint density at radius 3 is 2.54 bits per heavy atom. The Bertz CT molecular complexity index is 857. The quantitative estimate of drug-likeness (QED) is 0.664. The van der Waals surface area contributed by atoms with Crippen LogP contribution in [0.5, 0.6) is 0 Å². The Kier molecular flexibility index (Phi) is 5.90. The van der Waals surface area contributed by atoms with Gasteiger partial charge in [-0.05, 0) is 31.0 Å². The van der Waals surface area contributed by atoms with Crippen LogP contribution in [0.3, 0.4) is 0 Å². The summed E-state index contributed by atoms with van der Waals surface area (Å²) in [5.74, 6) is -0.321. The first-order valence-electron chi connectivity index (χ1n) is 9.37. The van der Waals surface area contributed by atoms with Crippen molar-refractivity contribution in [3.8, 4) is 0 Å². The Morgan fingerprint density at radius 2 is 1.86 bits per heavy atom. The van der Waals surface area contributed by atoms with Gasteiger partial charge in [-0.3, -0.25) is 9.69 Å². The number of halogens is 3. The molecule has 1 saturated heterocycles. The predicted molar refractivity (Wildman–Crippen MR) is 108 cm³/mol. The molecule has 2 aromatic carbocycles. The lowest BCUT2D eigenvalue weighted by Crippen LogP contribution is -2.41. The topological polar surface area (TPSA) is 23.6 Å². The van der Waals surface area contributed by atoms with E-state index in [4.69, 9.17) is 11.6 Å². The summed E-state index contributed by atoms with van der Waals surface area (Å²) < 4.78 is 28.2. The van der Waals surface area contributed by atoms with Gasteiger partial charge in [0.2, 0.25) is 5.91 Å². The molecule has 1 heterocycles. The van der Waals surface area contributed by atoms with Crippen LogP contribution in [0.2, 0.25) is 5.02 Å². The van der Waals surface area contributed by atoms with Crippen molar-refractivity contribution >= 4 is 29.3 Å². The molecule has 0 bridgehead atoms. The lowest BCUT2D eigenvalue weighted by Gasteiger charge is -2.29. The van der Waals surface area contributed by atoms with Gasteiger partial charge < -0.3 is 4.90 Å². The fraction of sp³-hybridized carbons (Fsp3) is 0.381. The van der Waals surface area contributed by atoms with E-state index in [0.29, 0.717) is 11.6 Å². The smallest absolute Gasteiger partial charge is 0.237 e. The molecular formula is C21H21ClF2N2OS. The van der Waals surface area contributed by atoms with E-state index < -0.39 is 11.6 Å². The van der Waals surface area contributed by atoms with Crippen molar-refractivity contribution in [2.75, 3.05) is 18.8 Å². The van der Waals surface area contributed by atoms with Gasteiger partial charge in [0.15, 0.2) is 0 Å². The number of nitrogens with zero attached hydrogens (tertiary/aromatic N) is 2. The molecule has 1 saturated carbocycles. The summed E-state index contributed by atoms with van der Waals surface area (Å²) in [5, 5.41) is 0.527. The minimum absolute atomic E-state index is 0.0284. The van der Waals surface area contributed by atoms with Gasteiger partial charge in [-0.25, -0.2) is 8.78 Å². The minimum atomic E-state index is -0.566. The zero-order valence-corrected chi connectivity index (χ0v) is 16.9. The molecule has 0 N–H and O–H groups in total. The van der Waals surface area contributed by atoms with Gasteiger partial charge >= 0.3 is 0 Å². The van der Waals surface area contributed by atoms with Crippen LogP contribution < -0.4 is 0 Å². The van der Waals surface area contributed by atoms with E-state index in [9.17, 15) is 13.6 Å². The lowest BCUT2D eigenvalue weighted by atomic mass is 10.1. The normalized spacial score (nSPS) is 19.4. The van der Waals surface area contributed by atoms with Crippen molar-refractivity contribution in [2.45, 2.75) is 30.8 Å². The standard InChI is InChI=1S/C21H21ClF2N2OS/c22-17-5-2-1-4-15(17)21-26(10-11-28-21)20(27)13-25(14-8-9-14)12-16-18(23)6-3-7-19(16)24/h1-7,14,21H,8-13H2/t21-/m0/s1. The third-order valence-corrected chi connectivity index (χ3v) is 6.79. The molecule has 1 atom stereocenters. The van der Waals surface area contributed by atoms with E-state index >= 15 is 0 Å². The van der Waals surface area contributed by atoms with Gasteiger partial charge in [0, 0.05) is 41.0 Å². The van der Waals surface area contributed by atoms with E-state index in [1.165, 1.54) is 18.2 Å². The average Bonchev–Trinajstić information content (AvgIpc) is 3.41. The summed E-state index contributed by atoms with van der Waals surface area (Å²) in [6.45, 7) is 0.901. The third-order valence-electron chi connectivity index (χ3n) is 5.21.